The van der Waals surface area contributed by atoms with Gasteiger partial charge in [0.1, 0.15) is 0 Å². The smallest absolute Gasteiger partial charge is 0.340 e. The Morgan fingerprint density at radius 2 is 2.20 bits per heavy atom. The van der Waals surface area contributed by atoms with E-state index in [-0.39, 0.29) is 11.3 Å². The third-order valence-electron chi connectivity index (χ3n) is 2.04. The van der Waals surface area contributed by atoms with Gasteiger partial charge in [-0.1, -0.05) is 0 Å². The van der Waals surface area contributed by atoms with Gasteiger partial charge < -0.3 is 10.1 Å². The fourth-order valence-electron chi connectivity index (χ4n) is 1.27. The summed E-state index contributed by atoms with van der Waals surface area (Å²) in [7, 11) is 2.81. The van der Waals surface area contributed by atoms with Crippen LogP contribution < -0.4 is 5.32 Å². The first-order chi connectivity index (χ1) is 7.02. The summed E-state index contributed by atoms with van der Waals surface area (Å²) in [6.07, 6.45) is 0. The number of nitrogens with one attached hydrogen (secondary N) is 1. The minimum atomic E-state index is -0.561. The van der Waals surface area contributed by atoms with Gasteiger partial charge in [0, 0.05) is 7.05 Å². The number of carbonyl (C=O) groups excluding carboxylic acids is 1. The molecule has 15 heavy (non-hydrogen) atoms. The summed E-state index contributed by atoms with van der Waals surface area (Å²) in [4.78, 5) is 11.4. The molecule has 82 valence electrons. The van der Waals surface area contributed by atoms with E-state index in [0.717, 1.165) is 0 Å². The Bertz CT molecular complexity index is 407. The first-order valence-electron chi connectivity index (χ1n) is 4.27. The van der Waals surface area contributed by atoms with Gasteiger partial charge in [-0.25, -0.2) is 9.18 Å². The highest BCUT2D eigenvalue weighted by Gasteiger charge is 2.19. The molecule has 3 nitrogen and oxygen atoms in total. The summed E-state index contributed by atoms with van der Waals surface area (Å²) in [5.74, 6) is -1.05. The molecule has 0 aliphatic rings. The Labute approximate surface area is 95.7 Å². The number of hydrogen-bond acceptors (Lipinski definition) is 3. The molecule has 0 aliphatic heterocycles. The van der Waals surface area contributed by atoms with E-state index in [1.807, 2.05) is 0 Å². The van der Waals surface area contributed by atoms with Crippen molar-refractivity contribution >= 4 is 27.6 Å². The second-order valence-electron chi connectivity index (χ2n) is 2.99. The lowest BCUT2D eigenvalue weighted by Crippen LogP contribution is -2.08. The molecule has 0 aromatic heterocycles. The minimum Gasteiger partial charge on any atom is -0.465 e. The molecule has 0 radical (unpaired) electrons. The summed E-state index contributed by atoms with van der Waals surface area (Å²) in [5.41, 5.74) is 0.976. The summed E-state index contributed by atoms with van der Waals surface area (Å²) < 4.78 is 18.6. The topological polar surface area (TPSA) is 38.3 Å². The fraction of sp³-hybridized carbons (Fsp3) is 0.300. The van der Waals surface area contributed by atoms with Gasteiger partial charge in [0.15, 0.2) is 5.82 Å². The highest BCUT2D eigenvalue weighted by molar-refractivity contribution is 9.10. The number of aryl methyl sites for hydroxylation is 1. The van der Waals surface area contributed by atoms with Crippen LogP contribution in [0.3, 0.4) is 0 Å². The van der Waals surface area contributed by atoms with Gasteiger partial charge in [0.05, 0.1) is 22.8 Å². The third kappa shape index (κ3) is 2.12. The van der Waals surface area contributed by atoms with Crippen molar-refractivity contribution in [1.29, 1.82) is 0 Å². The Kier molecular flexibility index (Phi) is 3.68. The van der Waals surface area contributed by atoms with Gasteiger partial charge >= 0.3 is 5.97 Å². The van der Waals surface area contributed by atoms with Crippen molar-refractivity contribution in [2.75, 3.05) is 19.5 Å². The van der Waals surface area contributed by atoms with Crippen LogP contribution >= 0.6 is 15.9 Å². The van der Waals surface area contributed by atoms with E-state index >= 15 is 0 Å². The molecule has 0 unspecified atom stereocenters. The molecule has 5 heteroatoms. The highest BCUT2D eigenvalue weighted by atomic mass is 79.9. The number of esters is 1. The normalized spacial score (nSPS) is 9.93. The quantitative estimate of drug-likeness (QED) is 0.844. The van der Waals surface area contributed by atoms with Gasteiger partial charge in [-0.05, 0) is 34.5 Å². The molecular formula is C10H11BrFNO2. The average Bonchev–Trinajstić information content (AvgIpc) is 2.24. The van der Waals surface area contributed by atoms with Crippen molar-refractivity contribution in [3.63, 3.8) is 0 Å². The average molecular weight is 276 g/mol. The maximum absolute atomic E-state index is 13.7. The third-order valence-corrected chi connectivity index (χ3v) is 3.02. The van der Waals surface area contributed by atoms with E-state index in [9.17, 15) is 9.18 Å². The van der Waals surface area contributed by atoms with E-state index in [1.165, 1.54) is 7.11 Å². The standard InChI is InChI=1S/C10H11BrFNO2/c1-5-4-6(10(14)15-3)9(13-2)8(12)7(5)11/h4,13H,1-3H3. The SMILES string of the molecule is CNc1c(C(=O)OC)cc(C)c(Br)c1F. The minimum absolute atomic E-state index is 0.138. The van der Waals surface area contributed by atoms with Crippen LogP contribution in [0.2, 0.25) is 0 Å². The molecule has 0 heterocycles. The lowest BCUT2D eigenvalue weighted by atomic mass is 10.1. The summed E-state index contributed by atoms with van der Waals surface area (Å²) in [6, 6.07) is 1.57. The largest absolute Gasteiger partial charge is 0.465 e. The number of ether oxygens (including phenoxy) is 1. The van der Waals surface area contributed by atoms with Crippen molar-refractivity contribution in [1.82, 2.24) is 0 Å². The maximum Gasteiger partial charge on any atom is 0.340 e. The summed E-state index contributed by atoms with van der Waals surface area (Å²) in [6.45, 7) is 1.71. The number of carbonyl (C=O) groups is 1. The van der Waals surface area contributed by atoms with Crippen LogP contribution in [0.5, 0.6) is 0 Å². The van der Waals surface area contributed by atoms with Crippen molar-refractivity contribution in [2.24, 2.45) is 0 Å². The van der Waals surface area contributed by atoms with Crippen molar-refractivity contribution in [3.8, 4) is 0 Å². The second-order valence-corrected chi connectivity index (χ2v) is 3.78. The molecule has 0 bridgehead atoms. The van der Waals surface area contributed by atoms with Crippen LogP contribution in [0.15, 0.2) is 10.5 Å². The van der Waals surface area contributed by atoms with Crippen molar-refractivity contribution in [2.45, 2.75) is 6.92 Å². The highest BCUT2D eigenvalue weighted by Crippen LogP contribution is 2.30. The molecular weight excluding hydrogens is 265 g/mol. The number of methoxy groups -OCH3 is 1. The number of halogens is 2. The van der Waals surface area contributed by atoms with Crippen LogP contribution in [0.4, 0.5) is 10.1 Å². The molecule has 0 fully saturated rings. The zero-order valence-electron chi connectivity index (χ0n) is 8.65. The molecule has 1 N–H and O–H groups in total. The molecule has 1 aromatic carbocycles. The monoisotopic (exact) mass is 275 g/mol. The fourth-order valence-corrected chi connectivity index (χ4v) is 1.58. The van der Waals surface area contributed by atoms with Crippen molar-refractivity contribution in [3.05, 3.63) is 27.5 Å². The first kappa shape index (κ1) is 12.0. The predicted molar refractivity (Wildman–Crippen MR) is 59.7 cm³/mol. The second kappa shape index (κ2) is 4.61. The van der Waals surface area contributed by atoms with Gasteiger partial charge in [-0.3, -0.25) is 0 Å². The van der Waals surface area contributed by atoms with Crippen molar-refractivity contribution < 1.29 is 13.9 Å². The van der Waals surface area contributed by atoms with Crippen LogP contribution in [-0.4, -0.2) is 20.1 Å². The van der Waals surface area contributed by atoms with E-state index in [2.05, 4.69) is 26.0 Å². The number of anilines is 1. The Hall–Kier alpha value is -1.10. The summed E-state index contributed by atoms with van der Waals surface area (Å²) >= 11 is 3.11. The Morgan fingerprint density at radius 3 is 2.67 bits per heavy atom. The van der Waals surface area contributed by atoms with E-state index < -0.39 is 11.8 Å². The van der Waals surface area contributed by atoms with Gasteiger partial charge in [0.2, 0.25) is 0 Å². The Balaban J connectivity index is 3.45. The van der Waals surface area contributed by atoms with Gasteiger partial charge in [-0.15, -0.1) is 0 Å². The molecule has 0 amide bonds. The van der Waals surface area contributed by atoms with Gasteiger partial charge in [0.25, 0.3) is 0 Å². The Morgan fingerprint density at radius 1 is 1.60 bits per heavy atom. The lowest BCUT2D eigenvalue weighted by Gasteiger charge is -2.11. The van der Waals surface area contributed by atoms with Gasteiger partial charge in [-0.2, -0.15) is 0 Å². The van der Waals surface area contributed by atoms with E-state index in [0.29, 0.717) is 10.0 Å². The molecule has 0 aliphatic carbocycles. The molecule has 1 rings (SSSR count). The molecule has 1 aromatic rings. The van der Waals surface area contributed by atoms with Crippen LogP contribution in [0, 0.1) is 12.7 Å². The summed E-state index contributed by atoms with van der Waals surface area (Å²) in [5, 5.41) is 2.64. The lowest BCUT2D eigenvalue weighted by molar-refractivity contribution is 0.0601. The number of hydrogen-bond donors (Lipinski definition) is 1. The van der Waals surface area contributed by atoms with Crippen LogP contribution in [0.1, 0.15) is 15.9 Å². The number of rotatable bonds is 2. The molecule has 0 saturated carbocycles. The first-order valence-corrected chi connectivity index (χ1v) is 5.06. The maximum atomic E-state index is 13.7. The van der Waals surface area contributed by atoms with Crippen LogP contribution in [-0.2, 0) is 4.74 Å². The molecule has 0 spiro atoms. The van der Waals surface area contributed by atoms with E-state index in [1.54, 1.807) is 20.0 Å². The molecule has 0 saturated heterocycles. The predicted octanol–water partition coefficient (Wildman–Crippen LogP) is 2.72. The number of benzene rings is 1. The molecule has 0 atom stereocenters. The zero-order chi connectivity index (χ0) is 11.6. The zero-order valence-corrected chi connectivity index (χ0v) is 10.2. The van der Waals surface area contributed by atoms with Crippen LogP contribution in [0.25, 0.3) is 0 Å². The van der Waals surface area contributed by atoms with E-state index in [4.69, 9.17) is 0 Å².